The Morgan fingerprint density at radius 2 is 1.82 bits per heavy atom. The van der Waals surface area contributed by atoms with Crippen molar-refractivity contribution in [2.45, 2.75) is 32.2 Å². The van der Waals surface area contributed by atoms with Gasteiger partial charge in [-0.1, -0.05) is 6.07 Å². The molecule has 0 amide bonds. The van der Waals surface area contributed by atoms with E-state index in [0.29, 0.717) is 5.92 Å². The Hall–Kier alpha value is -3.25. The molecule has 0 spiro atoms. The van der Waals surface area contributed by atoms with Gasteiger partial charge < -0.3 is 19.0 Å². The number of aryl methyl sites for hydroxylation is 2. The number of hydrogen-bond acceptors (Lipinski definition) is 4. The topological polar surface area (TPSA) is 55.3 Å². The lowest BCUT2D eigenvalue weighted by Crippen LogP contribution is -2.33. The first-order valence-electron chi connectivity index (χ1n) is 11.6. The van der Waals surface area contributed by atoms with Gasteiger partial charge in [0.15, 0.2) is 11.5 Å². The SMILES string of the molecule is COc1ccc(-c2[nH]c3ccc(C4CCN(Cc5cncn5C)CC4)cc3c2C)cc1OC. The number of imidazole rings is 1. The molecule has 1 aliphatic heterocycles. The van der Waals surface area contributed by atoms with Crippen LogP contribution in [0.2, 0.25) is 0 Å². The van der Waals surface area contributed by atoms with Crippen molar-refractivity contribution in [3.05, 3.63) is 65.7 Å². The molecule has 0 bridgehead atoms. The molecule has 0 atom stereocenters. The highest BCUT2D eigenvalue weighted by atomic mass is 16.5. The van der Waals surface area contributed by atoms with E-state index in [4.69, 9.17) is 9.47 Å². The van der Waals surface area contributed by atoms with E-state index in [0.717, 1.165) is 42.4 Å². The van der Waals surface area contributed by atoms with Gasteiger partial charge in [-0.3, -0.25) is 4.90 Å². The maximum absolute atomic E-state index is 5.51. The number of piperidine rings is 1. The van der Waals surface area contributed by atoms with Crippen molar-refractivity contribution in [1.29, 1.82) is 0 Å². The minimum absolute atomic E-state index is 0.607. The summed E-state index contributed by atoms with van der Waals surface area (Å²) in [6.07, 6.45) is 6.24. The number of nitrogens with one attached hydrogen (secondary N) is 1. The van der Waals surface area contributed by atoms with Crippen LogP contribution in [0.15, 0.2) is 48.9 Å². The molecule has 0 radical (unpaired) electrons. The van der Waals surface area contributed by atoms with Crippen molar-refractivity contribution < 1.29 is 9.47 Å². The average molecular weight is 445 g/mol. The molecule has 33 heavy (non-hydrogen) atoms. The van der Waals surface area contributed by atoms with Gasteiger partial charge in [-0.05, 0) is 80.2 Å². The molecule has 2 aromatic carbocycles. The molecule has 5 rings (SSSR count). The minimum atomic E-state index is 0.607. The highest BCUT2D eigenvalue weighted by molar-refractivity contribution is 5.91. The van der Waals surface area contributed by atoms with Gasteiger partial charge in [0.05, 0.1) is 26.2 Å². The second-order valence-electron chi connectivity index (χ2n) is 9.05. The van der Waals surface area contributed by atoms with Crippen LogP contribution in [0.3, 0.4) is 0 Å². The smallest absolute Gasteiger partial charge is 0.161 e. The van der Waals surface area contributed by atoms with Gasteiger partial charge in [0.1, 0.15) is 0 Å². The third-order valence-electron chi connectivity index (χ3n) is 7.12. The standard InChI is InChI=1S/C27H32N4O2/c1-18-23-13-20(19-9-11-31(12-10-19)16-22-15-28-17-30(22)2)5-7-24(23)29-27(18)21-6-8-25(32-3)26(14-21)33-4/h5-8,13-15,17,19,29H,9-12,16H2,1-4H3. The number of methoxy groups -OCH3 is 2. The highest BCUT2D eigenvalue weighted by Crippen LogP contribution is 2.37. The predicted octanol–water partition coefficient (Wildman–Crippen LogP) is 5.27. The van der Waals surface area contributed by atoms with E-state index < -0.39 is 0 Å². The Bertz CT molecular complexity index is 1260. The molecule has 4 aromatic rings. The van der Waals surface area contributed by atoms with Crippen LogP contribution >= 0.6 is 0 Å². The number of hydrogen-bond donors (Lipinski definition) is 1. The quantitative estimate of drug-likeness (QED) is 0.440. The van der Waals surface area contributed by atoms with Crippen molar-refractivity contribution in [1.82, 2.24) is 19.4 Å². The molecule has 6 nitrogen and oxygen atoms in total. The molecule has 172 valence electrons. The van der Waals surface area contributed by atoms with Crippen molar-refractivity contribution in [3.63, 3.8) is 0 Å². The lowest BCUT2D eigenvalue weighted by Gasteiger charge is -2.32. The summed E-state index contributed by atoms with van der Waals surface area (Å²) in [4.78, 5) is 10.4. The molecular weight excluding hydrogens is 412 g/mol. The number of ether oxygens (including phenoxy) is 2. The summed E-state index contributed by atoms with van der Waals surface area (Å²) in [7, 11) is 5.41. The normalized spacial score (nSPS) is 15.3. The minimum Gasteiger partial charge on any atom is -0.493 e. The number of aromatic amines is 1. The van der Waals surface area contributed by atoms with Gasteiger partial charge in [-0.2, -0.15) is 0 Å². The average Bonchev–Trinajstić information content (AvgIpc) is 3.41. The molecule has 1 saturated heterocycles. The predicted molar refractivity (Wildman–Crippen MR) is 132 cm³/mol. The Labute approximate surface area is 195 Å². The van der Waals surface area contributed by atoms with Gasteiger partial charge in [-0.15, -0.1) is 0 Å². The van der Waals surface area contributed by atoms with E-state index in [1.165, 1.54) is 40.6 Å². The molecule has 1 fully saturated rings. The Balaban J connectivity index is 1.35. The van der Waals surface area contributed by atoms with Crippen LogP contribution in [0.5, 0.6) is 11.5 Å². The number of nitrogens with zero attached hydrogens (tertiary/aromatic N) is 3. The zero-order valence-electron chi connectivity index (χ0n) is 19.9. The number of aromatic nitrogens is 3. The molecule has 0 unspecified atom stereocenters. The first-order chi connectivity index (χ1) is 16.1. The maximum atomic E-state index is 5.51. The first kappa shape index (κ1) is 21.6. The Morgan fingerprint density at radius 3 is 2.52 bits per heavy atom. The summed E-state index contributed by atoms with van der Waals surface area (Å²) >= 11 is 0. The van der Waals surface area contributed by atoms with Gasteiger partial charge in [0.25, 0.3) is 0 Å². The fourth-order valence-electron chi connectivity index (χ4n) is 5.07. The summed E-state index contributed by atoms with van der Waals surface area (Å²) < 4.78 is 13.0. The third kappa shape index (κ3) is 4.11. The van der Waals surface area contributed by atoms with Crippen molar-refractivity contribution in [3.8, 4) is 22.8 Å². The van der Waals surface area contributed by atoms with E-state index in [2.05, 4.69) is 57.7 Å². The van der Waals surface area contributed by atoms with Crippen LogP contribution in [-0.2, 0) is 13.6 Å². The van der Waals surface area contributed by atoms with Crippen LogP contribution in [0, 0.1) is 6.92 Å². The van der Waals surface area contributed by atoms with E-state index >= 15 is 0 Å². The lowest BCUT2D eigenvalue weighted by molar-refractivity contribution is 0.201. The van der Waals surface area contributed by atoms with Crippen LogP contribution < -0.4 is 9.47 Å². The van der Waals surface area contributed by atoms with Crippen LogP contribution in [-0.4, -0.2) is 46.7 Å². The second-order valence-corrected chi connectivity index (χ2v) is 9.05. The highest BCUT2D eigenvalue weighted by Gasteiger charge is 2.22. The van der Waals surface area contributed by atoms with Gasteiger partial charge in [-0.25, -0.2) is 4.98 Å². The van der Waals surface area contributed by atoms with Crippen LogP contribution in [0.4, 0.5) is 0 Å². The van der Waals surface area contributed by atoms with Gasteiger partial charge >= 0.3 is 0 Å². The van der Waals surface area contributed by atoms with Crippen molar-refractivity contribution in [2.75, 3.05) is 27.3 Å². The van der Waals surface area contributed by atoms with E-state index in [9.17, 15) is 0 Å². The molecule has 1 aliphatic rings. The van der Waals surface area contributed by atoms with Gasteiger partial charge in [0.2, 0.25) is 0 Å². The monoisotopic (exact) mass is 444 g/mol. The Morgan fingerprint density at radius 1 is 1.03 bits per heavy atom. The molecule has 3 heterocycles. The van der Waals surface area contributed by atoms with E-state index in [-0.39, 0.29) is 0 Å². The van der Waals surface area contributed by atoms with Crippen LogP contribution in [0.1, 0.15) is 35.6 Å². The molecule has 0 aliphatic carbocycles. The molecule has 0 saturated carbocycles. The summed E-state index contributed by atoms with van der Waals surface area (Å²) in [5.74, 6) is 2.09. The number of rotatable bonds is 6. The largest absolute Gasteiger partial charge is 0.493 e. The first-order valence-corrected chi connectivity index (χ1v) is 11.6. The number of benzene rings is 2. The van der Waals surface area contributed by atoms with Gasteiger partial charge in [0, 0.05) is 41.9 Å². The van der Waals surface area contributed by atoms with Crippen LogP contribution in [0.25, 0.3) is 22.2 Å². The third-order valence-corrected chi connectivity index (χ3v) is 7.12. The summed E-state index contributed by atoms with van der Waals surface area (Å²) in [6.45, 7) is 5.42. The van der Waals surface area contributed by atoms with Crippen molar-refractivity contribution in [2.24, 2.45) is 7.05 Å². The maximum Gasteiger partial charge on any atom is 0.161 e. The van der Waals surface area contributed by atoms with E-state index in [1.807, 2.05) is 24.7 Å². The molecule has 6 heteroatoms. The number of H-pyrrole nitrogens is 1. The molecule has 1 N–H and O–H groups in total. The summed E-state index contributed by atoms with van der Waals surface area (Å²) in [6, 6.07) is 13.0. The lowest BCUT2D eigenvalue weighted by atomic mass is 9.88. The Kier molecular flexibility index (Phi) is 5.85. The number of fused-ring (bicyclic) bond motifs is 1. The summed E-state index contributed by atoms with van der Waals surface area (Å²) in [5.41, 5.74) is 7.41. The fourth-order valence-corrected chi connectivity index (χ4v) is 5.07. The second kappa shape index (κ2) is 8.94. The number of likely N-dealkylation sites (tertiary alicyclic amines) is 1. The molecular formula is C27H32N4O2. The fraction of sp³-hybridized carbons (Fsp3) is 0.370. The molecule has 2 aromatic heterocycles. The van der Waals surface area contributed by atoms with E-state index in [1.54, 1.807) is 14.2 Å². The zero-order chi connectivity index (χ0) is 22.9. The summed E-state index contributed by atoms with van der Waals surface area (Å²) in [5, 5.41) is 1.30. The van der Waals surface area contributed by atoms with Crippen molar-refractivity contribution >= 4 is 10.9 Å². The zero-order valence-corrected chi connectivity index (χ0v) is 19.9.